The molecule has 2 aliphatic rings. The number of thiazole rings is 1. The number of carbonyl (C=O) groups excluding carboxylic acids is 1. The first-order chi connectivity index (χ1) is 16.6. The van der Waals surface area contributed by atoms with Gasteiger partial charge in [0.25, 0.3) is 0 Å². The van der Waals surface area contributed by atoms with Crippen molar-refractivity contribution >= 4 is 43.2 Å². The Bertz CT molecular complexity index is 1170. The van der Waals surface area contributed by atoms with Gasteiger partial charge in [0.2, 0.25) is 5.91 Å². The van der Waals surface area contributed by atoms with E-state index in [1.54, 1.807) is 24.3 Å². The molecule has 2 aromatic rings. The number of anilines is 1. The lowest BCUT2D eigenvalue weighted by atomic mass is 9.87. The monoisotopic (exact) mass is 538 g/mol. The van der Waals surface area contributed by atoms with Gasteiger partial charge in [-0.05, 0) is 44.0 Å². The molecule has 1 aromatic carbocycles. The fourth-order valence-corrected chi connectivity index (χ4v) is 7.98. The average Bonchev–Trinajstić information content (AvgIpc) is 3.46. The molecule has 2 unspecified atom stereocenters. The van der Waals surface area contributed by atoms with Gasteiger partial charge in [-0.25, -0.2) is 21.9 Å². The highest BCUT2D eigenvalue weighted by molar-refractivity contribution is 7.90. The summed E-state index contributed by atoms with van der Waals surface area (Å²) in [5.41, 5.74) is 1.48. The first-order valence-corrected chi connectivity index (χ1v) is 15.9. The van der Waals surface area contributed by atoms with Crippen LogP contribution in [0.3, 0.4) is 0 Å². The summed E-state index contributed by atoms with van der Waals surface area (Å²) in [5, 5.41) is 3.43. The lowest BCUT2D eigenvalue weighted by Crippen LogP contribution is -2.44. The molecular weight excluding hydrogens is 504 g/mol. The lowest BCUT2D eigenvalue weighted by Gasteiger charge is -2.30. The Morgan fingerprint density at radius 2 is 1.80 bits per heavy atom. The zero-order valence-electron chi connectivity index (χ0n) is 20.5. The van der Waals surface area contributed by atoms with E-state index in [0.717, 1.165) is 44.6 Å². The number of nitrogens with one attached hydrogen (secondary N) is 1. The Hall–Kier alpha value is -1.66. The number of carbonyl (C=O) groups is 1. The molecule has 2 atom stereocenters. The van der Waals surface area contributed by atoms with Crippen LogP contribution in [-0.2, 0) is 25.6 Å². The number of hydrogen-bond donors (Lipinski definition) is 1. The summed E-state index contributed by atoms with van der Waals surface area (Å²) in [6.45, 7) is 5.03. The van der Waals surface area contributed by atoms with E-state index >= 15 is 0 Å². The third-order valence-corrected chi connectivity index (χ3v) is 11.0. The third kappa shape index (κ3) is 6.56. The number of benzene rings is 1. The van der Waals surface area contributed by atoms with Crippen molar-refractivity contribution in [2.24, 2.45) is 5.92 Å². The second kappa shape index (κ2) is 11.2. The molecule has 4 rings (SSSR count). The summed E-state index contributed by atoms with van der Waals surface area (Å²) in [5.74, 6) is -0.0872. The topological polar surface area (TPSA) is 99.7 Å². The zero-order chi connectivity index (χ0) is 25.2. The lowest BCUT2D eigenvalue weighted by molar-refractivity contribution is -0.118. The van der Waals surface area contributed by atoms with Crippen LogP contribution in [0.15, 0.2) is 33.4 Å². The number of piperazine rings is 1. The first-order valence-electron chi connectivity index (χ1n) is 12.1. The van der Waals surface area contributed by atoms with Crippen LogP contribution < -0.4 is 5.32 Å². The summed E-state index contributed by atoms with van der Waals surface area (Å²) in [6, 6.07) is 6.64. The van der Waals surface area contributed by atoms with Gasteiger partial charge in [0, 0.05) is 32.4 Å². The van der Waals surface area contributed by atoms with Crippen LogP contribution in [0.4, 0.5) is 5.13 Å². The Balaban J connectivity index is 1.51. The molecule has 2 heterocycles. The number of sulfone groups is 1. The molecule has 1 aliphatic carbocycles. The van der Waals surface area contributed by atoms with E-state index in [1.807, 2.05) is 11.2 Å². The highest BCUT2D eigenvalue weighted by Crippen LogP contribution is 2.36. The van der Waals surface area contributed by atoms with Crippen molar-refractivity contribution in [3.8, 4) is 0 Å². The van der Waals surface area contributed by atoms with Crippen molar-refractivity contribution in [1.82, 2.24) is 14.2 Å². The molecule has 1 aliphatic heterocycles. The summed E-state index contributed by atoms with van der Waals surface area (Å²) in [7, 11) is -2.54. The molecule has 11 heteroatoms. The minimum absolute atomic E-state index is 0.158. The largest absolute Gasteiger partial charge is 0.304 e. The molecule has 1 amide bonds. The van der Waals surface area contributed by atoms with Crippen LogP contribution in [0.1, 0.15) is 49.3 Å². The van der Waals surface area contributed by atoms with E-state index in [0.29, 0.717) is 27.4 Å². The van der Waals surface area contributed by atoms with Crippen LogP contribution in [0, 0.1) is 12.8 Å². The number of aromatic nitrogens is 1. The minimum Gasteiger partial charge on any atom is -0.304 e. The van der Waals surface area contributed by atoms with Gasteiger partial charge in [-0.3, -0.25) is 4.79 Å². The summed E-state index contributed by atoms with van der Waals surface area (Å²) in [6.07, 6.45) is 6.47. The van der Waals surface area contributed by atoms with Gasteiger partial charge in [-0.1, -0.05) is 49.2 Å². The first kappa shape index (κ1) is 26.4. The number of amides is 1. The third-order valence-electron chi connectivity index (χ3n) is 6.91. The Morgan fingerprint density at radius 3 is 2.40 bits per heavy atom. The number of rotatable bonds is 8. The van der Waals surface area contributed by atoms with E-state index in [1.165, 1.54) is 30.4 Å². The van der Waals surface area contributed by atoms with Crippen LogP contribution in [-0.4, -0.2) is 72.2 Å². The predicted molar refractivity (Wildman–Crippen MR) is 140 cm³/mol. The van der Waals surface area contributed by atoms with E-state index in [-0.39, 0.29) is 10.8 Å². The molecule has 192 valence electrons. The number of nitrogens with zero attached hydrogens (tertiary/aromatic N) is 3. The van der Waals surface area contributed by atoms with E-state index in [9.17, 15) is 17.4 Å². The quantitative estimate of drug-likeness (QED) is 0.553. The Kier molecular flexibility index (Phi) is 8.42. The van der Waals surface area contributed by atoms with Gasteiger partial charge in [-0.2, -0.15) is 0 Å². The summed E-state index contributed by atoms with van der Waals surface area (Å²) >= 11 is 1.27. The van der Waals surface area contributed by atoms with E-state index in [4.69, 9.17) is 0 Å². The van der Waals surface area contributed by atoms with Gasteiger partial charge >= 0.3 is 0 Å². The van der Waals surface area contributed by atoms with Crippen LogP contribution in [0.25, 0.3) is 0 Å². The van der Waals surface area contributed by atoms with Crippen molar-refractivity contribution in [3.05, 3.63) is 35.5 Å². The maximum atomic E-state index is 13.5. The maximum Gasteiger partial charge on any atom is 0.233 e. The van der Waals surface area contributed by atoms with Crippen molar-refractivity contribution in [2.45, 2.75) is 54.1 Å². The molecular formula is C24H34N4O4S3. The molecule has 0 bridgehead atoms. The standard InChI is InChI=1S/C24H34N4O4S3/c1-17-23(34(30)28-14-12-27(2)13-15-28)33-24(25-17)26-22(29)21(16-18-6-4-5-7-18)19-8-10-20(11-9-19)35(3,31)32/h8-11,18,21H,4-7,12-16H2,1-3H3,(H,25,26,29). The van der Waals surface area contributed by atoms with Crippen LogP contribution in [0.2, 0.25) is 0 Å². The van der Waals surface area contributed by atoms with Gasteiger partial charge < -0.3 is 10.2 Å². The second-order valence-electron chi connectivity index (χ2n) is 9.64. The smallest absolute Gasteiger partial charge is 0.233 e. The highest BCUT2D eigenvalue weighted by atomic mass is 32.2. The van der Waals surface area contributed by atoms with Gasteiger partial charge in [0.1, 0.15) is 15.2 Å². The molecule has 1 N–H and O–H groups in total. The summed E-state index contributed by atoms with van der Waals surface area (Å²) in [4.78, 5) is 20.4. The molecule has 8 nitrogen and oxygen atoms in total. The van der Waals surface area contributed by atoms with E-state index < -0.39 is 26.7 Å². The van der Waals surface area contributed by atoms with Crippen molar-refractivity contribution in [2.75, 3.05) is 44.8 Å². The van der Waals surface area contributed by atoms with Gasteiger partial charge in [0.15, 0.2) is 15.0 Å². The van der Waals surface area contributed by atoms with Crippen molar-refractivity contribution < 1.29 is 17.4 Å². The number of likely N-dealkylation sites (N-methyl/N-ethyl adjacent to an activating group) is 1. The molecule has 0 radical (unpaired) electrons. The Labute approximate surface area is 214 Å². The van der Waals surface area contributed by atoms with Crippen molar-refractivity contribution in [1.29, 1.82) is 0 Å². The number of hydrogen-bond acceptors (Lipinski definition) is 7. The highest BCUT2D eigenvalue weighted by Gasteiger charge is 2.29. The molecule has 1 aromatic heterocycles. The molecule has 35 heavy (non-hydrogen) atoms. The zero-order valence-corrected chi connectivity index (χ0v) is 23.0. The van der Waals surface area contributed by atoms with Gasteiger partial charge in [0.05, 0.1) is 16.5 Å². The van der Waals surface area contributed by atoms with Crippen molar-refractivity contribution in [3.63, 3.8) is 0 Å². The summed E-state index contributed by atoms with van der Waals surface area (Å²) < 4.78 is 39.5. The second-order valence-corrected chi connectivity index (χ2v) is 14.3. The molecule has 1 saturated heterocycles. The van der Waals surface area contributed by atoms with Crippen LogP contribution >= 0.6 is 11.3 Å². The minimum atomic E-state index is -3.30. The SMILES string of the molecule is Cc1nc(NC(=O)C(CC2CCCC2)c2ccc(S(C)(=O)=O)cc2)sc1S(=O)N1CCN(C)CC1. The average molecular weight is 539 g/mol. The Morgan fingerprint density at radius 1 is 1.17 bits per heavy atom. The number of aryl methyl sites for hydroxylation is 1. The fraction of sp³-hybridized carbons (Fsp3) is 0.583. The maximum absolute atomic E-state index is 13.5. The molecule has 0 spiro atoms. The van der Waals surface area contributed by atoms with E-state index in [2.05, 4.69) is 22.2 Å². The molecule has 1 saturated carbocycles. The molecule has 2 fully saturated rings. The van der Waals surface area contributed by atoms with Gasteiger partial charge in [-0.15, -0.1) is 0 Å². The van der Waals surface area contributed by atoms with Crippen LogP contribution in [0.5, 0.6) is 0 Å². The normalized spacial score (nSPS) is 20.1. The fourth-order valence-electron chi connectivity index (χ4n) is 4.78. The predicted octanol–water partition coefficient (Wildman–Crippen LogP) is 3.43.